The fourth-order valence-corrected chi connectivity index (χ4v) is 5.50. The van der Waals surface area contributed by atoms with Gasteiger partial charge >= 0.3 is 0 Å². The fraction of sp³-hybridized carbons (Fsp3) is 0.562. The molecular weight excluding hydrogens is 340 g/mol. The van der Waals surface area contributed by atoms with E-state index in [0.717, 1.165) is 29.7 Å². The van der Waals surface area contributed by atoms with Gasteiger partial charge in [-0.05, 0) is 31.2 Å². The van der Waals surface area contributed by atoms with Crippen LogP contribution in [0.3, 0.4) is 0 Å². The molecule has 0 aliphatic heterocycles. The number of rotatable bonds is 6. The van der Waals surface area contributed by atoms with Crippen molar-refractivity contribution in [3.63, 3.8) is 0 Å². The number of sulfonamides is 1. The lowest BCUT2D eigenvalue weighted by atomic mass is 9.86. The zero-order valence-electron chi connectivity index (χ0n) is 13.9. The van der Waals surface area contributed by atoms with Crippen molar-refractivity contribution in [3.8, 4) is 6.07 Å². The monoisotopic (exact) mass is 360 g/mol. The molecule has 2 atom stereocenters. The number of nitrogens with one attached hydrogen (secondary N) is 2. The zero-order chi connectivity index (χ0) is 17.6. The predicted molar refractivity (Wildman–Crippen MR) is 93.3 cm³/mol. The number of aromatic amines is 1. The second-order valence-corrected chi connectivity index (χ2v) is 8.86. The topological polar surface area (TPSA) is 115 Å². The number of aromatic nitrogens is 3. The van der Waals surface area contributed by atoms with Crippen LogP contribution in [0.2, 0.25) is 0 Å². The highest BCUT2D eigenvalue weighted by Crippen LogP contribution is 2.40. The second kappa shape index (κ2) is 5.97. The van der Waals surface area contributed by atoms with Gasteiger partial charge in [0.15, 0.2) is 0 Å². The Kier molecular flexibility index (Phi) is 3.89. The smallest absolute Gasteiger partial charge is 0.215 e. The van der Waals surface area contributed by atoms with E-state index in [1.165, 1.54) is 6.33 Å². The summed E-state index contributed by atoms with van der Waals surface area (Å²) >= 11 is 0. The first-order chi connectivity index (χ1) is 12.0. The largest absolute Gasteiger partial charge is 0.356 e. The van der Waals surface area contributed by atoms with Crippen LogP contribution in [-0.4, -0.2) is 47.8 Å². The summed E-state index contributed by atoms with van der Waals surface area (Å²) in [5.74, 6) is 0.859. The standard InChI is InChI=1S/C16H20N6O2S/c1-22(16-13-3-5-18-15(13)19-9-20-16)12-7-11(8-12)21-25(23,24)14-6-10(14)2-4-17/h3,5,9-12,14,21H,2,6-8H2,1H3,(H,18,19,20)/t10-,11-,12-,14-/m1/s1. The van der Waals surface area contributed by atoms with E-state index in [0.29, 0.717) is 12.8 Å². The molecule has 2 N–H and O–H groups in total. The van der Waals surface area contributed by atoms with Gasteiger partial charge in [0.1, 0.15) is 17.8 Å². The number of H-pyrrole nitrogens is 1. The quantitative estimate of drug-likeness (QED) is 0.798. The summed E-state index contributed by atoms with van der Waals surface area (Å²) in [5, 5.41) is 9.26. The molecule has 0 spiro atoms. The molecule has 132 valence electrons. The Morgan fingerprint density at radius 3 is 2.96 bits per heavy atom. The van der Waals surface area contributed by atoms with E-state index in [1.54, 1.807) is 0 Å². The molecule has 0 amide bonds. The highest BCUT2D eigenvalue weighted by Gasteiger charge is 2.48. The third-order valence-corrected chi connectivity index (χ3v) is 7.30. The SMILES string of the molecule is CN(c1ncnc2[nH]ccc12)[C@H]1C[C@H](NS(=O)(=O)[C@@H]2C[C@H]2CC#N)C1. The average molecular weight is 360 g/mol. The molecule has 2 heterocycles. The third kappa shape index (κ3) is 2.96. The van der Waals surface area contributed by atoms with Crippen molar-refractivity contribution in [1.29, 1.82) is 5.26 Å². The van der Waals surface area contributed by atoms with Crippen LogP contribution in [0.5, 0.6) is 0 Å². The van der Waals surface area contributed by atoms with Crippen molar-refractivity contribution < 1.29 is 8.42 Å². The summed E-state index contributed by atoms with van der Waals surface area (Å²) in [6.45, 7) is 0. The number of nitriles is 1. The van der Waals surface area contributed by atoms with Gasteiger partial charge in [-0.3, -0.25) is 0 Å². The predicted octanol–water partition coefficient (Wildman–Crippen LogP) is 1.15. The molecule has 0 aromatic carbocycles. The minimum absolute atomic E-state index is 0.00365. The normalized spacial score (nSPS) is 28.3. The van der Waals surface area contributed by atoms with E-state index in [9.17, 15) is 8.42 Å². The number of anilines is 1. The molecule has 2 saturated carbocycles. The maximum absolute atomic E-state index is 12.3. The number of fused-ring (bicyclic) bond motifs is 1. The molecule has 25 heavy (non-hydrogen) atoms. The van der Waals surface area contributed by atoms with Gasteiger partial charge in [-0.2, -0.15) is 5.26 Å². The summed E-state index contributed by atoms with van der Waals surface area (Å²) in [7, 11) is -1.33. The van der Waals surface area contributed by atoms with E-state index >= 15 is 0 Å². The Balaban J connectivity index is 1.36. The minimum atomic E-state index is -3.31. The number of nitrogens with zero attached hydrogens (tertiary/aromatic N) is 4. The molecular formula is C16H20N6O2S. The Labute approximate surface area is 146 Å². The molecule has 8 nitrogen and oxygen atoms in total. The van der Waals surface area contributed by atoms with Crippen LogP contribution >= 0.6 is 0 Å². The van der Waals surface area contributed by atoms with E-state index < -0.39 is 10.0 Å². The molecule has 0 bridgehead atoms. The van der Waals surface area contributed by atoms with E-state index in [1.807, 2.05) is 19.3 Å². The van der Waals surface area contributed by atoms with Gasteiger partial charge in [0, 0.05) is 31.7 Å². The first-order valence-corrected chi connectivity index (χ1v) is 9.93. The molecule has 0 unspecified atom stereocenters. The average Bonchev–Trinajstić information content (AvgIpc) is 3.17. The van der Waals surface area contributed by atoms with Crippen LogP contribution < -0.4 is 9.62 Å². The lowest BCUT2D eigenvalue weighted by Crippen LogP contribution is -2.53. The lowest BCUT2D eigenvalue weighted by molar-refractivity contribution is 0.316. The number of hydrogen-bond acceptors (Lipinski definition) is 6. The van der Waals surface area contributed by atoms with Crippen LogP contribution in [-0.2, 0) is 10.0 Å². The highest BCUT2D eigenvalue weighted by molar-refractivity contribution is 7.90. The van der Waals surface area contributed by atoms with Crippen molar-refractivity contribution in [1.82, 2.24) is 19.7 Å². The maximum atomic E-state index is 12.3. The van der Waals surface area contributed by atoms with Gasteiger partial charge < -0.3 is 9.88 Å². The molecule has 0 radical (unpaired) electrons. The molecule has 2 aliphatic rings. The molecule has 4 rings (SSSR count). The Hall–Kier alpha value is -2.18. The summed E-state index contributed by atoms with van der Waals surface area (Å²) in [4.78, 5) is 13.7. The summed E-state index contributed by atoms with van der Waals surface area (Å²) < 4.78 is 27.4. The van der Waals surface area contributed by atoms with Crippen molar-refractivity contribution >= 4 is 26.9 Å². The minimum Gasteiger partial charge on any atom is -0.356 e. The zero-order valence-corrected chi connectivity index (χ0v) is 14.7. The summed E-state index contributed by atoms with van der Waals surface area (Å²) in [6.07, 6.45) is 5.80. The van der Waals surface area contributed by atoms with Crippen LogP contribution in [0.25, 0.3) is 11.0 Å². The fourth-order valence-electron chi connectivity index (χ4n) is 3.56. The van der Waals surface area contributed by atoms with Crippen molar-refractivity contribution in [2.24, 2.45) is 5.92 Å². The van der Waals surface area contributed by atoms with Crippen LogP contribution in [0.4, 0.5) is 5.82 Å². The van der Waals surface area contributed by atoms with E-state index in [4.69, 9.17) is 5.26 Å². The van der Waals surface area contributed by atoms with Gasteiger partial charge in [0.2, 0.25) is 10.0 Å². The maximum Gasteiger partial charge on any atom is 0.215 e. The Bertz CT molecular complexity index is 927. The molecule has 2 fully saturated rings. The first-order valence-electron chi connectivity index (χ1n) is 8.38. The van der Waals surface area contributed by atoms with Crippen molar-refractivity contribution in [3.05, 3.63) is 18.6 Å². The number of hydrogen-bond donors (Lipinski definition) is 2. The van der Waals surface area contributed by atoms with E-state index in [2.05, 4.69) is 30.6 Å². The molecule has 2 aromatic heterocycles. The van der Waals surface area contributed by atoms with Crippen LogP contribution in [0.15, 0.2) is 18.6 Å². The van der Waals surface area contributed by atoms with Crippen LogP contribution in [0, 0.1) is 17.2 Å². The van der Waals surface area contributed by atoms with Crippen LogP contribution in [0.1, 0.15) is 25.7 Å². The first kappa shape index (κ1) is 16.3. The Morgan fingerprint density at radius 1 is 1.40 bits per heavy atom. The lowest BCUT2D eigenvalue weighted by Gasteiger charge is -2.42. The molecule has 9 heteroatoms. The molecule has 2 aliphatic carbocycles. The highest BCUT2D eigenvalue weighted by atomic mass is 32.2. The molecule has 0 saturated heterocycles. The van der Waals surface area contributed by atoms with E-state index in [-0.39, 0.29) is 23.3 Å². The van der Waals surface area contributed by atoms with Gasteiger partial charge in [-0.25, -0.2) is 23.1 Å². The summed E-state index contributed by atoms with van der Waals surface area (Å²) in [5.41, 5.74) is 0.797. The van der Waals surface area contributed by atoms with Gasteiger partial charge in [-0.1, -0.05) is 0 Å². The van der Waals surface area contributed by atoms with Gasteiger partial charge in [0.25, 0.3) is 0 Å². The van der Waals surface area contributed by atoms with Gasteiger partial charge in [0.05, 0.1) is 16.7 Å². The second-order valence-electron chi connectivity index (χ2n) is 6.93. The Morgan fingerprint density at radius 2 is 2.20 bits per heavy atom. The van der Waals surface area contributed by atoms with Crippen molar-refractivity contribution in [2.45, 2.75) is 43.0 Å². The van der Waals surface area contributed by atoms with Crippen molar-refractivity contribution in [2.75, 3.05) is 11.9 Å². The van der Waals surface area contributed by atoms with Gasteiger partial charge in [-0.15, -0.1) is 0 Å². The summed E-state index contributed by atoms with van der Waals surface area (Å²) in [6, 6.07) is 4.21. The molecule has 2 aromatic rings. The third-order valence-electron chi connectivity index (χ3n) is 5.27.